The normalized spacial score (nSPS) is 18.2. The topological polar surface area (TPSA) is 117 Å². The fourth-order valence-electron chi connectivity index (χ4n) is 3.39. The number of sulfone groups is 1. The van der Waals surface area contributed by atoms with Gasteiger partial charge in [0, 0.05) is 35.9 Å². The fourth-order valence-corrected chi connectivity index (χ4v) is 5.06. The summed E-state index contributed by atoms with van der Waals surface area (Å²) in [4.78, 5) is 23.9. The molecule has 1 saturated heterocycles. The lowest BCUT2D eigenvalue weighted by Crippen LogP contribution is -2.27. The van der Waals surface area contributed by atoms with E-state index >= 15 is 0 Å². The van der Waals surface area contributed by atoms with E-state index in [2.05, 4.69) is 31.7 Å². The van der Waals surface area contributed by atoms with Gasteiger partial charge in [-0.15, -0.1) is 0 Å². The molecule has 8 nitrogen and oxygen atoms in total. The number of fused-ring (bicyclic) bond motifs is 1. The second kappa shape index (κ2) is 7.59. The smallest absolute Gasteiger partial charge is 0.270 e. The van der Waals surface area contributed by atoms with Gasteiger partial charge in [0.15, 0.2) is 9.84 Å². The molecule has 3 aromatic rings. The number of anilines is 1. The lowest BCUT2D eigenvalue weighted by Gasteiger charge is -2.11. The average Bonchev–Trinajstić information content (AvgIpc) is 3.25. The predicted octanol–water partition coefficient (Wildman–Crippen LogP) is 1.53. The number of benzene rings is 1. The van der Waals surface area contributed by atoms with Gasteiger partial charge in [-0.3, -0.25) is 4.79 Å². The van der Waals surface area contributed by atoms with Crippen molar-refractivity contribution in [3.05, 3.63) is 54.0 Å². The number of aromatic nitrogens is 3. The first-order chi connectivity index (χ1) is 13.5. The Balaban J connectivity index is 1.34. The number of hydrogen-bond acceptors (Lipinski definition) is 6. The Morgan fingerprint density at radius 3 is 2.93 bits per heavy atom. The number of carbonyl (C=O) groups is 1. The van der Waals surface area contributed by atoms with Gasteiger partial charge in [0.25, 0.3) is 5.91 Å². The molecular weight excluding hydrogens is 378 g/mol. The summed E-state index contributed by atoms with van der Waals surface area (Å²) in [5.41, 5.74) is 2.46. The molecule has 1 unspecified atom stereocenters. The average molecular weight is 399 g/mol. The summed E-state index contributed by atoms with van der Waals surface area (Å²) in [6, 6.07) is 9.36. The molecule has 28 heavy (non-hydrogen) atoms. The van der Waals surface area contributed by atoms with Crippen molar-refractivity contribution in [3.8, 4) is 0 Å². The number of aromatic amines is 1. The van der Waals surface area contributed by atoms with Gasteiger partial charge < -0.3 is 15.6 Å². The first kappa shape index (κ1) is 18.4. The molecule has 1 amide bonds. The van der Waals surface area contributed by atoms with Crippen LogP contribution in [0.25, 0.3) is 10.9 Å². The summed E-state index contributed by atoms with van der Waals surface area (Å²) in [5.74, 6) is 0.214. The first-order valence-electron chi connectivity index (χ1n) is 9.13. The Labute approximate surface area is 162 Å². The van der Waals surface area contributed by atoms with Crippen LogP contribution in [0.5, 0.6) is 0 Å². The quantitative estimate of drug-likeness (QED) is 0.579. The number of rotatable bonds is 6. The maximum atomic E-state index is 12.4. The van der Waals surface area contributed by atoms with Gasteiger partial charge >= 0.3 is 0 Å². The van der Waals surface area contributed by atoms with Crippen LogP contribution in [0.1, 0.15) is 22.5 Å². The van der Waals surface area contributed by atoms with Crippen LogP contribution in [0.15, 0.2) is 42.7 Å². The second-order valence-corrected chi connectivity index (χ2v) is 9.10. The minimum absolute atomic E-state index is 0.0669. The van der Waals surface area contributed by atoms with Gasteiger partial charge in [-0.25, -0.2) is 18.4 Å². The van der Waals surface area contributed by atoms with Crippen LogP contribution in [0, 0.1) is 0 Å². The van der Waals surface area contributed by atoms with Crippen molar-refractivity contribution in [3.63, 3.8) is 0 Å². The van der Waals surface area contributed by atoms with Crippen molar-refractivity contribution in [1.82, 2.24) is 20.3 Å². The van der Waals surface area contributed by atoms with E-state index in [0.717, 1.165) is 16.5 Å². The molecule has 146 valence electrons. The van der Waals surface area contributed by atoms with Gasteiger partial charge in [0.2, 0.25) is 5.95 Å². The summed E-state index contributed by atoms with van der Waals surface area (Å²) in [5, 5.41) is 7.02. The van der Waals surface area contributed by atoms with Gasteiger partial charge in [-0.1, -0.05) is 18.2 Å². The molecule has 1 aliphatic rings. The largest absolute Gasteiger partial charge is 0.361 e. The van der Waals surface area contributed by atoms with E-state index in [0.29, 0.717) is 19.4 Å². The monoisotopic (exact) mass is 399 g/mol. The van der Waals surface area contributed by atoms with E-state index in [9.17, 15) is 13.2 Å². The number of hydrogen-bond donors (Lipinski definition) is 3. The lowest BCUT2D eigenvalue weighted by molar-refractivity contribution is 0.0949. The molecule has 3 N–H and O–H groups in total. The molecule has 9 heteroatoms. The zero-order valence-electron chi connectivity index (χ0n) is 15.2. The summed E-state index contributed by atoms with van der Waals surface area (Å²) in [6.45, 7) is 0.480. The van der Waals surface area contributed by atoms with Crippen molar-refractivity contribution >= 4 is 32.6 Å². The third-order valence-corrected chi connectivity index (χ3v) is 6.58. The molecule has 2 aromatic heterocycles. The summed E-state index contributed by atoms with van der Waals surface area (Å²) >= 11 is 0. The Bertz CT molecular complexity index is 1110. The van der Waals surface area contributed by atoms with Gasteiger partial charge in [-0.2, -0.15) is 0 Å². The van der Waals surface area contributed by atoms with Crippen LogP contribution < -0.4 is 10.6 Å². The van der Waals surface area contributed by atoms with E-state index in [1.165, 1.54) is 12.3 Å². The van der Waals surface area contributed by atoms with Crippen molar-refractivity contribution in [2.45, 2.75) is 18.9 Å². The molecule has 0 saturated carbocycles. The molecule has 0 bridgehead atoms. The van der Waals surface area contributed by atoms with Crippen LogP contribution in [0.4, 0.5) is 5.95 Å². The van der Waals surface area contributed by atoms with E-state index in [4.69, 9.17) is 0 Å². The minimum Gasteiger partial charge on any atom is -0.361 e. The van der Waals surface area contributed by atoms with Crippen LogP contribution in [-0.4, -0.2) is 53.4 Å². The highest BCUT2D eigenvalue weighted by Crippen LogP contribution is 2.18. The van der Waals surface area contributed by atoms with Crippen molar-refractivity contribution < 1.29 is 13.2 Å². The van der Waals surface area contributed by atoms with Gasteiger partial charge in [-0.05, 0) is 30.5 Å². The lowest BCUT2D eigenvalue weighted by atomic mass is 10.1. The SMILES string of the molecule is O=C(NCCc1c[nH]c2ccccc12)c1ccnc(NC2CCS(=O)(=O)C2)n1. The van der Waals surface area contributed by atoms with E-state index in [1.807, 2.05) is 24.4 Å². The molecule has 1 fully saturated rings. The number of para-hydroxylation sites is 1. The maximum Gasteiger partial charge on any atom is 0.270 e. The summed E-state index contributed by atoms with van der Waals surface area (Å²) < 4.78 is 23.1. The van der Waals surface area contributed by atoms with E-state index < -0.39 is 9.84 Å². The molecule has 0 aliphatic carbocycles. The zero-order valence-corrected chi connectivity index (χ0v) is 16.0. The van der Waals surface area contributed by atoms with Gasteiger partial charge in [0.1, 0.15) is 5.69 Å². The number of nitrogens with zero attached hydrogens (tertiary/aromatic N) is 2. The Morgan fingerprint density at radius 1 is 1.25 bits per heavy atom. The number of nitrogens with one attached hydrogen (secondary N) is 3. The molecule has 4 rings (SSSR count). The zero-order chi connectivity index (χ0) is 19.6. The third kappa shape index (κ3) is 4.14. The van der Waals surface area contributed by atoms with Crippen LogP contribution >= 0.6 is 0 Å². The summed E-state index contributed by atoms with van der Waals surface area (Å²) in [6.07, 6.45) is 4.67. The maximum absolute atomic E-state index is 12.4. The van der Waals surface area contributed by atoms with Crippen molar-refractivity contribution in [2.75, 3.05) is 23.4 Å². The molecule has 1 aromatic carbocycles. The van der Waals surface area contributed by atoms with Crippen molar-refractivity contribution in [2.24, 2.45) is 0 Å². The Morgan fingerprint density at radius 2 is 2.11 bits per heavy atom. The molecule has 0 radical (unpaired) electrons. The second-order valence-electron chi connectivity index (χ2n) is 6.88. The fraction of sp³-hybridized carbons (Fsp3) is 0.316. The first-order valence-corrected chi connectivity index (χ1v) is 11.0. The Hall–Kier alpha value is -2.94. The number of carbonyl (C=O) groups excluding carboxylic acids is 1. The third-order valence-electron chi connectivity index (χ3n) is 4.81. The van der Waals surface area contributed by atoms with E-state index in [1.54, 1.807) is 0 Å². The van der Waals surface area contributed by atoms with E-state index in [-0.39, 0.29) is 35.1 Å². The van der Waals surface area contributed by atoms with Crippen LogP contribution in [-0.2, 0) is 16.3 Å². The standard InChI is InChI=1S/C19H21N5O3S/c25-18(20-8-5-13-11-22-16-4-2-1-3-15(13)16)17-6-9-21-19(24-17)23-14-7-10-28(26,27)12-14/h1-4,6,9,11,14,22H,5,7-8,10,12H2,(H,20,25)(H,21,23,24). The minimum atomic E-state index is -2.99. The molecular formula is C19H21N5O3S. The highest BCUT2D eigenvalue weighted by Gasteiger charge is 2.28. The molecule has 1 atom stereocenters. The highest BCUT2D eigenvalue weighted by molar-refractivity contribution is 7.91. The predicted molar refractivity (Wildman–Crippen MR) is 107 cm³/mol. The Kier molecular flexibility index (Phi) is 4.99. The number of amides is 1. The van der Waals surface area contributed by atoms with Crippen LogP contribution in [0.3, 0.4) is 0 Å². The number of H-pyrrole nitrogens is 1. The summed E-state index contributed by atoms with van der Waals surface area (Å²) in [7, 11) is -2.99. The molecule has 1 aliphatic heterocycles. The molecule has 3 heterocycles. The van der Waals surface area contributed by atoms with Gasteiger partial charge in [0.05, 0.1) is 11.5 Å². The highest BCUT2D eigenvalue weighted by atomic mass is 32.2. The molecule has 0 spiro atoms. The van der Waals surface area contributed by atoms with Crippen LogP contribution in [0.2, 0.25) is 0 Å². The van der Waals surface area contributed by atoms with Crippen molar-refractivity contribution in [1.29, 1.82) is 0 Å².